The fourth-order valence-electron chi connectivity index (χ4n) is 1.42. The molecular weight excluding hydrogens is 284 g/mol. The summed E-state index contributed by atoms with van der Waals surface area (Å²) < 4.78 is 0. The molecule has 20 heavy (non-hydrogen) atoms. The number of hydrogen-bond acceptors (Lipinski definition) is 5. The van der Waals surface area contributed by atoms with Crippen molar-refractivity contribution in [1.29, 1.82) is 0 Å². The minimum Gasteiger partial charge on any atom is -0.480 e. The first-order valence-corrected chi connectivity index (χ1v) is 6.82. The minimum atomic E-state index is -1.23. The molecule has 0 spiro atoms. The number of aliphatic carboxylic acids is 1. The molecule has 0 bridgehead atoms. The Balaban J connectivity index is 2.54. The van der Waals surface area contributed by atoms with Crippen molar-refractivity contribution in [3.05, 3.63) is 22.4 Å². The Morgan fingerprint density at radius 2 is 2.05 bits per heavy atom. The van der Waals surface area contributed by atoms with Gasteiger partial charge < -0.3 is 20.8 Å². The molecular formula is C12H16N2O5S. The highest BCUT2D eigenvalue weighted by molar-refractivity contribution is 7.12. The van der Waals surface area contributed by atoms with Crippen molar-refractivity contribution >= 4 is 29.1 Å². The number of carbonyl (C=O) groups is 3. The van der Waals surface area contributed by atoms with E-state index < -0.39 is 29.9 Å². The van der Waals surface area contributed by atoms with Gasteiger partial charge in [-0.2, -0.15) is 0 Å². The van der Waals surface area contributed by atoms with E-state index >= 15 is 0 Å². The number of carboxylic acid groups (broad SMARTS) is 1. The van der Waals surface area contributed by atoms with E-state index in [0.29, 0.717) is 4.88 Å². The summed E-state index contributed by atoms with van der Waals surface area (Å²) in [6, 6.07) is 1.29. The van der Waals surface area contributed by atoms with Crippen molar-refractivity contribution in [2.24, 2.45) is 0 Å². The normalized spacial score (nSPS) is 13.3. The highest BCUT2D eigenvalue weighted by Gasteiger charge is 2.23. The lowest BCUT2D eigenvalue weighted by atomic mass is 10.2. The van der Waals surface area contributed by atoms with Gasteiger partial charge in [-0.15, -0.1) is 11.3 Å². The van der Waals surface area contributed by atoms with Crippen molar-refractivity contribution in [3.63, 3.8) is 0 Å². The van der Waals surface area contributed by atoms with E-state index in [4.69, 9.17) is 10.2 Å². The van der Waals surface area contributed by atoms with Gasteiger partial charge in [-0.1, -0.05) is 6.07 Å². The van der Waals surface area contributed by atoms with Crippen LogP contribution in [0.25, 0.3) is 0 Å². The molecule has 1 unspecified atom stereocenters. The van der Waals surface area contributed by atoms with Crippen LogP contribution in [0, 0.1) is 0 Å². The van der Waals surface area contributed by atoms with Gasteiger partial charge in [-0.3, -0.25) is 9.59 Å². The lowest BCUT2D eigenvalue weighted by Crippen LogP contribution is -2.50. The number of rotatable bonds is 7. The van der Waals surface area contributed by atoms with Crippen molar-refractivity contribution in [2.45, 2.75) is 25.4 Å². The summed E-state index contributed by atoms with van der Waals surface area (Å²) >= 11 is 1.24. The van der Waals surface area contributed by atoms with Crippen LogP contribution in [0.1, 0.15) is 23.0 Å². The third-order valence-corrected chi connectivity index (χ3v) is 3.39. The second-order valence-corrected chi connectivity index (χ2v) is 5.03. The van der Waals surface area contributed by atoms with E-state index in [1.54, 1.807) is 17.5 Å². The molecule has 4 N–H and O–H groups in total. The number of thiophene rings is 1. The molecule has 1 aromatic heterocycles. The van der Waals surface area contributed by atoms with Gasteiger partial charge in [0.2, 0.25) is 5.91 Å². The van der Waals surface area contributed by atoms with Crippen LogP contribution < -0.4 is 10.6 Å². The van der Waals surface area contributed by atoms with Crippen molar-refractivity contribution in [3.8, 4) is 0 Å². The predicted octanol–water partition coefficient (Wildman–Crippen LogP) is -0.182. The maximum atomic E-state index is 11.8. The minimum absolute atomic E-state index is 0.0906. The Hall–Kier alpha value is -1.93. The van der Waals surface area contributed by atoms with Crippen molar-refractivity contribution in [2.75, 3.05) is 6.61 Å². The Bertz CT molecular complexity index is 474. The molecule has 8 heteroatoms. The Labute approximate surface area is 119 Å². The molecule has 7 nitrogen and oxygen atoms in total. The van der Waals surface area contributed by atoms with Crippen LogP contribution in [0.5, 0.6) is 0 Å². The Morgan fingerprint density at radius 1 is 1.35 bits per heavy atom. The van der Waals surface area contributed by atoms with Crippen LogP contribution in [0.15, 0.2) is 17.5 Å². The quantitative estimate of drug-likeness (QED) is 0.557. The number of aliphatic hydroxyl groups is 1. The van der Waals surface area contributed by atoms with E-state index in [9.17, 15) is 14.4 Å². The molecule has 0 aliphatic heterocycles. The first-order valence-electron chi connectivity index (χ1n) is 5.94. The second-order valence-electron chi connectivity index (χ2n) is 4.08. The third kappa shape index (κ3) is 4.63. The molecule has 1 rings (SSSR count). The zero-order chi connectivity index (χ0) is 15.1. The Kier molecular flexibility index (Phi) is 6.13. The van der Waals surface area contributed by atoms with Crippen molar-refractivity contribution < 1.29 is 24.6 Å². The predicted molar refractivity (Wildman–Crippen MR) is 72.5 cm³/mol. The van der Waals surface area contributed by atoms with Gasteiger partial charge in [0.05, 0.1) is 4.88 Å². The molecule has 0 saturated heterocycles. The third-order valence-electron chi connectivity index (χ3n) is 2.52. The molecule has 0 aliphatic carbocycles. The topological polar surface area (TPSA) is 116 Å². The van der Waals surface area contributed by atoms with Gasteiger partial charge >= 0.3 is 5.97 Å². The van der Waals surface area contributed by atoms with Gasteiger partial charge in [0.1, 0.15) is 12.1 Å². The van der Waals surface area contributed by atoms with Gasteiger partial charge in [0.25, 0.3) is 5.91 Å². The number of carboxylic acids is 1. The highest BCUT2D eigenvalue weighted by atomic mass is 32.1. The lowest BCUT2D eigenvalue weighted by Gasteiger charge is -2.17. The molecule has 110 valence electrons. The summed E-state index contributed by atoms with van der Waals surface area (Å²) in [4.78, 5) is 34.8. The maximum absolute atomic E-state index is 11.8. The summed E-state index contributed by atoms with van der Waals surface area (Å²) in [6.45, 7) is 1.10. The van der Waals surface area contributed by atoms with Gasteiger partial charge in [0, 0.05) is 13.0 Å². The van der Waals surface area contributed by atoms with Crippen LogP contribution in [0.2, 0.25) is 0 Å². The lowest BCUT2D eigenvalue weighted by molar-refractivity contribution is -0.142. The zero-order valence-electron chi connectivity index (χ0n) is 10.8. The van der Waals surface area contributed by atoms with E-state index in [1.165, 1.54) is 18.3 Å². The summed E-state index contributed by atoms with van der Waals surface area (Å²) in [5.41, 5.74) is 0. The first-order chi connectivity index (χ1) is 9.45. The number of aliphatic hydroxyl groups excluding tert-OH is 1. The largest absolute Gasteiger partial charge is 0.480 e. The van der Waals surface area contributed by atoms with Crippen LogP contribution >= 0.6 is 11.3 Å². The fraction of sp³-hybridized carbons (Fsp3) is 0.417. The maximum Gasteiger partial charge on any atom is 0.326 e. The monoisotopic (exact) mass is 300 g/mol. The van der Waals surface area contributed by atoms with E-state index in [-0.39, 0.29) is 13.0 Å². The second kappa shape index (κ2) is 7.61. The standard InChI is InChI=1S/C12H16N2O5S/c1-7(13-11(17)9-3-2-6-20-9)10(16)14-8(4-5-15)12(18)19/h2-3,6-8,15H,4-5H2,1H3,(H,13,17)(H,14,16)(H,18,19)/t7?,8-/m0/s1. The molecule has 2 atom stereocenters. The fourth-order valence-corrected chi connectivity index (χ4v) is 2.05. The molecule has 0 aromatic carbocycles. The summed E-state index contributed by atoms with van der Waals surface area (Å²) in [5, 5.41) is 24.0. The molecule has 0 saturated carbocycles. The number of carbonyl (C=O) groups excluding carboxylic acids is 2. The number of nitrogens with one attached hydrogen (secondary N) is 2. The molecule has 1 aromatic rings. The molecule has 1 heterocycles. The molecule has 0 radical (unpaired) electrons. The molecule has 0 fully saturated rings. The SMILES string of the molecule is CC(NC(=O)c1cccs1)C(=O)N[C@@H](CCO)C(=O)O. The van der Waals surface area contributed by atoms with Gasteiger partial charge in [0.15, 0.2) is 0 Å². The van der Waals surface area contributed by atoms with Crippen LogP contribution in [-0.4, -0.2) is 46.7 Å². The molecule has 0 aliphatic rings. The summed E-state index contributed by atoms with van der Waals surface area (Å²) in [7, 11) is 0. The van der Waals surface area contributed by atoms with Crippen LogP contribution in [0.3, 0.4) is 0 Å². The van der Waals surface area contributed by atoms with Gasteiger partial charge in [-0.05, 0) is 18.4 Å². The summed E-state index contributed by atoms with van der Waals surface area (Å²) in [5.74, 6) is -2.24. The summed E-state index contributed by atoms with van der Waals surface area (Å²) in [6.07, 6.45) is -0.0906. The smallest absolute Gasteiger partial charge is 0.326 e. The van der Waals surface area contributed by atoms with E-state index in [2.05, 4.69) is 10.6 Å². The highest BCUT2D eigenvalue weighted by Crippen LogP contribution is 2.08. The zero-order valence-corrected chi connectivity index (χ0v) is 11.6. The van der Waals surface area contributed by atoms with Gasteiger partial charge in [-0.25, -0.2) is 4.79 Å². The van der Waals surface area contributed by atoms with Crippen molar-refractivity contribution in [1.82, 2.24) is 10.6 Å². The van der Waals surface area contributed by atoms with Crippen LogP contribution in [0.4, 0.5) is 0 Å². The average Bonchev–Trinajstić information content (AvgIpc) is 2.91. The molecule has 2 amide bonds. The average molecular weight is 300 g/mol. The van der Waals surface area contributed by atoms with Crippen LogP contribution in [-0.2, 0) is 9.59 Å². The van der Waals surface area contributed by atoms with E-state index in [0.717, 1.165) is 0 Å². The number of amides is 2. The van der Waals surface area contributed by atoms with E-state index in [1.807, 2.05) is 0 Å². The first kappa shape index (κ1) is 16.1. The number of hydrogen-bond donors (Lipinski definition) is 4. The Morgan fingerprint density at radius 3 is 2.55 bits per heavy atom.